The molecule has 1 aromatic heterocycles. The van der Waals surface area contributed by atoms with E-state index in [1.165, 1.54) is 4.90 Å². The van der Waals surface area contributed by atoms with E-state index in [1.807, 2.05) is 24.5 Å². The minimum absolute atomic E-state index is 0.399. The highest BCUT2D eigenvalue weighted by Crippen LogP contribution is 2.66. The molecule has 4 nitrogen and oxygen atoms in total. The number of nitroso groups, excluding NO2 is 1. The smallest absolute Gasteiger partial charge is 0.126 e. The molecule has 22 heavy (non-hydrogen) atoms. The summed E-state index contributed by atoms with van der Waals surface area (Å²) in [6, 6.07) is 14.4. The lowest BCUT2D eigenvalue weighted by atomic mass is 10.1. The van der Waals surface area contributed by atoms with E-state index in [2.05, 4.69) is 45.4 Å². The zero-order chi connectivity index (χ0) is 15.6. The summed E-state index contributed by atoms with van der Waals surface area (Å²) in [5, 5.41) is 3.73. The molecule has 3 rings (SSSR count). The number of rotatable bonds is 6. The summed E-state index contributed by atoms with van der Waals surface area (Å²) in [6.07, 6.45) is 4.06. The van der Waals surface area contributed by atoms with Gasteiger partial charge in [-0.1, -0.05) is 18.2 Å². The van der Waals surface area contributed by atoms with Crippen LogP contribution in [0.25, 0.3) is 11.3 Å². The maximum absolute atomic E-state index is 10.7. The van der Waals surface area contributed by atoms with Gasteiger partial charge in [0.15, 0.2) is 0 Å². The van der Waals surface area contributed by atoms with Crippen molar-refractivity contribution in [3.05, 3.63) is 47.4 Å². The standard InChI is InChI=1S/C16H19N3OS2/c1-21-13-8-6-12(7-9-13)15-4-3-5-16(18-15)17-10-14-11-22(14,2)19-20/h3-9,14H,10-11H2,1-2H3,(H,17,18). The Hall–Kier alpha value is -1.53. The van der Waals surface area contributed by atoms with Crippen LogP contribution in [0.5, 0.6) is 0 Å². The molecule has 2 unspecified atom stereocenters. The maximum Gasteiger partial charge on any atom is 0.126 e. The molecule has 1 fully saturated rings. The van der Waals surface area contributed by atoms with Crippen LogP contribution >= 0.6 is 22.0 Å². The van der Waals surface area contributed by atoms with Crippen molar-refractivity contribution in [3.63, 3.8) is 0 Å². The van der Waals surface area contributed by atoms with Crippen LogP contribution in [0.4, 0.5) is 5.82 Å². The van der Waals surface area contributed by atoms with Gasteiger partial charge in [0.05, 0.1) is 5.69 Å². The predicted molar refractivity (Wildman–Crippen MR) is 97.9 cm³/mol. The molecule has 0 bridgehead atoms. The van der Waals surface area contributed by atoms with E-state index in [1.54, 1.807) is 11.8 Å². The van der Waals surface area contributed by atoms with Crippen LogP contribution in [0.2, 0.25) is 0 Å². The van der Waals surface area contributed by atoms with E-state index in [0.29, 0.717) is 5.25 Å². The Bertz CT molecular complexity index is 677. The summed E-state index contributed by atoms with van der Waals surface area (Å²) in [5.74, 6) is 1.80. The molecule has 0 aliphatic carbocycles. The number of pyridine rings is 1. The Labute approximate surface area is 136 Å². The number of benzene rings is 1. The van der Waals surface area contributed by atoms with Gasteiger partial charge in [-0.3, -0.25) is 0 Å². The number of nitrogens with one attached hydrogen (secondary N) is 1. The summed E-state index contributed by atoms with van der Waals surface area (Å²) >= 11 is 1.73. The van der Waals surface area contributed by atoms with Gasteiger partial charge in [-0.2, -0.15) is 0 Å². The molecule has 2 atom stereocenters. The Balaban J connectivity index is 1.68. The molecule has 2 aromatic rings. The number of aromatic nitrogens is 1. The molecule has 1 aliphatic rings. The third-order valence-electron chi connectivity index (χ3n) is 3.94. The number of thioether (sulfide) groups is 1. The fourth-order valence-electron chi connectivity index (χ4n) is 2.34. The number of anilines is 1. The Morgan fingerprint density at radius 2 is 2.09 bits per heavy atom. The van der Waals surface area contributed by atoms with Crippen molar-refractivity contribution in [2.75, 3.05) is 30.1 Å². The van der Waals surface area contributed by atoms with E-state index < -0.39 is 10.2 Å². The molecule has 1 N–H and O–H groups in total. The van der Waals surface area contributed by atoms with Crippen molar-refractivity contribution in [1.29, 1.82) is 0 Å². The molecule has 116 valence electrons. The van der Waals surface area contributed by atoms with Crippen molar-refractivity contribution in [1.82, 2.24) is 4.98 Å². The van der Waals surface area contributed by atoms with Crippen molar-refractivity contribution < 1.29 is 0 Å². The van der Waals surface area contributed by atoms with Crippen LogP contribution in [0, 0.1) is 4.91 Å². The molecule has 1 aliphatic heterocycles. The number of nitrogens with zero attached hydrogens (tertiary/aromatic N) is 2. The largest absolute Gasteiger partial charge is 0.369 e. The van der Waals surface area contributed by atoms with E-state index in [-0.39, 0.29) is 0 Å². The van der Waals surface area contributed by atoms with E-state index in [0.717, 1.165) is 29.4 Å². The van der Waals surface area contributed by atoms with Gasteiger partial charge >= 0.3 is 0 Å². The molecule has 0 amide bonds. The molecule has 2 heterocycles. The van der Waals surface area contributed by atoms with Gasteiger partial charge in [0.1, 0.15) is 5.82 Å². The second kappa shape index (κ2) is 6.30. The zero-order valence-electron chi connectivity index (χ0n) is 12.7. The Morgan fingerprint density at radius 3 is 2.73 bits per heavy atom. The molecule has 1 saturated heterocycles. The minimum atomic E-state index is -1.22. The second-order valence-electron chi connectivity index (χ2n) is 5.49. The summed E-state index contributed by atoms with van der Waals surface area (Å²) < 4.78 is 3.28. The van der Waals surface area contributed by atoms with Gasteiger partial charge in [0.25, 0.3) is 0 Å². The SMILES string of the molecule is CSc1ccc(-c2cccc(NCC3CS3(C)N=O)n2)cc1. The highest BCUT2D eigenvalue weighted by molar-refractivity contribution is 8.38. The summed E-state index contributed by atoms with van der Waals surface area (Å²) in [6.45, 7) is 0.777. The van der Waals surface area contributed by atoms with Crippen molar-refractivity contribution >= 4 is 27.8 Å². The summed E-state index contributed by atoms with van der Waals surface area (Å²) in [5.41, 5.74) is 2.06. The highest BCUT2D eigenvalue weighted by Gasteiger charge is 2.46. The fraction of sp³-hybridized carbons (Fsp3) is 0.312. The number of hydrogen-bond donors (Lipinski definition) is 1. The monoisotopic (exact) mass is 333 g/mol. The quantitative estimate of drug-likeness (QED) is 0.484. The average molecular weight is 333 g/mol. The van der Waals surface area contributed by atoms with E-state index in [9.17, 15) is 4.91 Å². The molecular formula is C16H19N3OS2. The van der Waals surface area contributed by atoms with Crippen molar-refractivity contribution in [2.45, 2.75) is 10.1 Å². The summed E-state index contributed by atoms with van der Waals surface area (Å²) in [4.78, 5) is 16.6. The van der Waals surface area contributed by atoms with Gasteiger partial charge in [-0.05, 0) is 41.4 Å². The van der Waals surface area contributed by atoms with Crippen molar-refractivity contribution in [2.24, 2.45) is 4.58 Å². The lowest BCUT2D eigenvalue weighted by Crippen LogP contribution is -2.09. The molecule has 0 radical (unpaired) electrons. The first kappa shape index (κ1) is 15.4. The average Bonchev–Trinajstić information content (AvgIpc) is 3.24. The Kier molecular flexibility index (Phi) is 4.40. The first-order valence-corrected chi connectivity index (χ1v) is 10.5. The van der Waals surface area contributed by atoms with Crippen LogP contribution in [0.1, 0.15) is 0 Å². The molecular weight excluding hydrogens is 314 g/mol. The Morgan fingerprint density at radius 1 is 1.32 bits per heavy atom. The van der Waals surface area contributed by atoms with Crippen LogP contribution in [0.15, 0.2) is 51.9 Å². The van der Waals surface area contributed by atoms with Gasteiger partial charge in [0.2, 0.25) is 0 Å². The summed E-state index contributed by atoms with van der Waals surface area (Å²) in [7, 11) is -1.22. The number of hydrogen-bond acceptors (Lipinski definition) is 5. The third-order valence-corrected chi connectivity index (χ3v) is 7.44. The third kappa shape index (κ3) is 3.28. The van der Waals surface area contributed by atoms with Gasteiger partial charge in [-0.15, -0.1) is 26.9 Å². The van der Waals surface area contributed by atoms with Gasteiger partial charge < -0.3 is 5.32 Å². The lowest BCUT2D eigenvalue weighted by Gasteiger charge is -2.09. The topological polar surface area (TPSA) is 54.4 Å². The first-order valence-electron chi connectivity index (χ1n) is 7.09. The van der Waals surface area contributed by atoms with Crippen LogP contribution in [-0.4, -0.2) is 35.0 Å². The maximum atomic E-state index is 10.7. The lowest BCUT2D eigenvalue weighted by molar-refractivity contribution is 1.06. The second-order valence-corrected chi connectivity index (χ2v) is 9.73. The molecule has 0 saturated carbocycles. The molecule has 6 heteroatoms. The zero-order valence-corrected chi connectivity index (χ0v) is 14.3. The fourth-order valence-corrected chi connectivity index (χ4v) is 4.76. The van der Waals surface area contributed by atoms with Gasteiger partial charge in [-0.25, -0.2) is 4.98 Å². The normalized spacial score (nSPS) is 26.0. The van der Waals surface area contributed by atoms with Gasteiger partial charge in [0, 0.05) is 28.0 Å². The first-order chi connectivity index (χ1) is 10.6. The molecule has 1 aromatic carbocycles. The minimum Gasteiger partial charge on any atom is -0.369 e. The van der Waals surface area contributed by atoms with E-state index >= 15 is 0 Å². The molecule has 0 spiro atoms. The van der Waals surface area contributed by atoms with Crippen LogP contribution < -0.4 is 5.32 Å². The van der Waals surface area contributed by atoms with Crippen LogP contribution in [0.3, 0.4) is 0 Å². The predicted octanol–water partition coefficient (Wildman–Crippen LogP) is 4.38. The van der Waals surface area contributed by atoms with E-state index in [4.69, 9.17) is 0 Å². The van der Waals surface area contributed by atoms with Crippen LogP contribution in [-0.2, 0) is 0 Å². The van der Waals surface area contributed by atoms with Crippen molar-refractivity contribution in [3.8, 4) is 11.3 Å². The highest BCUT2D eigenvalue weighted by atomic mass is 32.3.